The topological polar surface area (TPSA) is 151 Å². The Hall–Kier alpha value is -5.56. The lowest BCUT2D eigenvalue weighted by atomic mass is 10.00. The number of H-pyrrole nitrogens is 1. The summed E-state index contributed by atoms with van der Waals surface area (Å²) in [5.74, 6) is -0.854. The molecule has 0 bridgehead atoms. The third-order valence-corrected chi connectivity index (χ3v) is 8.50. The standard InChI is InChI=1S/C31H24FN5O6S/c1-33-31(38)29-22-15-21(24-13-20(37(39)40)14-26(35-24)25-12-18-6-4-5-7-23(18)34-25)27(36(2)44(3,41)42)16-28(22)43-30(29)17-8-10-19(32)11-9-17/h4-16,34H,1-3H3,(H,33,38). The van der Waals surface area contributed by atoms with Crippen LogP contribution in [0.5, 0.6) is 0 Å². The zero-order valence-electron chi connectivity index (χ0n) is 23.6. The van der Waals surface area contributed by atoms with E-state index in [0.29, 0.717) is 16.6 Å². The second-order valence-corrected chi connectivity index (χ2v) is 12.1. The van der Waals surface area contributed by atoms with Gasteiger partial charge in [-0.1, -0.05) is 18.2 Å². The number of amides is 1. The number of rotatable bonds is 7. The molecule has 0 saturated heterocycles. The van der Waals surface area contributed by atoms with Gasteiger partial charge in [-0.2, -0.15) is 0 Å². The van der Waals surface area contributed by atoms with Crippen LogP contribution in [0.1, 0.15) is 10.4 Å². The molecule has 6 rings (SSSR count). The second kappa shape index (κ2) is 10.6. The van der Waals surface area contributed by atoms with E-state index in [1.807, 2.05) is 30.3 Å². The van der Waals surface area contributed by atoms with Crippen molar-refractivity contribution in [1.82, 2.24) is 15.3 Å². The fourth-order valence-electron chi connectivity index (χ4n) is 5.04. The Kier molecular flexibility index (Phi) is 6.89. The largest absolute Gasteiger partial charge is 0.455 e. The summed E-state index contributed by atoms with van der Waals surface area (Å²) in [6.07, 6.45) is 1.01. The molecular formula is C31H24FN5O6S. The molecule has 3 aromatic heterocycles. The van der Waals surface area contributed by atoms with Crippen LogP contribution in [-0.2, 0) is 10.0 Å². The number of anilines is 1. The minimum Gasteiger partial charge on any atom is -0.455 e. The summed E-state index contributed by atoms with van der Waals surface area (Å²) >= 11 is 0. The quantitative estimate of drug-likeness (QED) is 0.163. The number of aromatic amines is 1. The van der Waals surface area contributed by atoms with E-state index in [2.05, 4.69) is 10.3 Å². The molecule has 222 valence electrons. The predicted octanol–water partition coefficient (Wildman–Crippen LogP) is 6.11. The van der Waals surface area contributed by atoms with Crippen LogP contribution in [-0.4, -0.2) is 49.6 Å². The predicted molar refractivity (Wildman–Crippen MR) is 165 cm³/mol. The van der Waals surface area contributed by atoms with Crippen LogP contribution in [0.4, 0.5) is 15.8 Å². The summed E-state index contributed by atoms with van der Waals surface area (Å²) in [4.78, 5) is 32.6. The highest BCUT2D eigenvalue weighted by molar-refractivity contribution is 7.92. The minimum atomic E-state index is -3.84. The number of fused-ring (bicyclic) bond motifs is 2. The lowest BCUT2D eigenvalue weighted by molar-refractivity contribution is -0.384. The van der Waals surface area contributed by atoms with Gasteiger partial charge in [0.25, 0.3) is 11.6 Å². The van der Waals surface area contributed by atoms with E-state index < -0.39 is 26.7 Å². The summed E-state index contributed by atoms with van der Waals surface area (Å²) in [5, 5.41) is 15.8. The van der Waals surface area contributed by atoms with Crippen molar-refractivity contribution in [2.75, 3.05) is 24.7 Å². The number of hydrogen-bond acceptors (Lipinski definition) is 7. The maximum atomic E-state index is 13.7. The van der Waals surface area contributed by atoms with Gasteiger partial charge < -0.3 is 14.7 Å². The molecule has 2 N–H and O–H groups in total. The van der Waals surface area contributed by atoms with E-state index in [1.165, 1.54) is 62.6 Å². The SMILES string of the molecule is CNC(=O)c1c(-c2ccc(F)cc2)oc2cc(N(C)S(C)(=O)=O)c(-c3cc([N+](=O)[O-])cc(-c4cc5ccccc5[nH]4)n3)cc12. The third kappa shape index (κ3) is 5.02. The molecule has 3 aromatic carbocycles. The third-order valence-electron chi connectivity index (χ3n) is 7.31. The number of carbonyl (C=O) groups excluding carboxylic acids is 1. The fourth-order valence-corrected chi connectivity index (χ4v) is 5.55. The highest BCUT2D eigenvalue weighted by Crippen LogP contribution is 2.42. The Morgan fingerprint density at radius 3 is 2.41 bits per heavy atom. The van der Waals surface area contributed by atoms with Gasteiger partial charge in [-0.3, -0.25) is 19.2 Å². The van der Waals surface area contributed by atoms with Crippen molar-refractivity contribution in [3.63, 3.8) is 0 Å². The summed E-state index contributed by atoms with van der Waals surface area (Å²) in [6, 6.07) is 20.2. The molecule has 0 aliphatic heterocycles. The van der Waals surface area contributed by atoms with Crippen molar-refractivity contribution in [3.8, 4) is 34.0 Å². The van der Waals surface area contributed by atoms with Gasteiger partial charge in [0, 0.05) is 59.7 Å². The number of hydrogen-bond donors (Lipinski definition) is 2. The molecule has 0 radical (unpaired) electrons. The lowest BCUT2D eigenvalue weighted by Crippen LogP contribution is -2.25. The summed E-state index contributed by atoms with van der Waals surface area (Å²) < 4.78 is 46.3. The van der Waals surface area contributed by atoms with Crippen molar-refractivity contribution >= 4 is 49.2 Å². The second-order valence-electron chi connectivity index (χ2n) is 10.1. The first-order chi connectivity index (χ1) is 20.9. The number of benzene rings is 3. The zero-order valence-corrected chi connectivity index (χ0v) is 24.4. The van der Waals surface area contributed by atoms with Crippen LogP contribution in [0.15, 0.2) is 83.3 Å². The van der Waals surface area contributed by atoms with E-state index in [-0.39, 0.29) is 45.2 Å². The van der Waals surface area contributed by atoms with Crippen molar-refractivity contribution in [1.29, 1.82) is 0 Å². The number of halogens is 1. The molecule has 6 aromatic rings. The van der Waals surface area contributed by atoms with Gasteiger partial charge in [0.15, 0.2) is 0 Å². The molecule has 0 saturated carbocycles. The lowest BCUT2D eigenvalue weighted by Gasteiger charge is -2.20. The van der Waals surface area contributed by atoms with Gasteiger partial charge in [-0.15, -0.1) is 0 Å². The van der Waals surface area contributed by atoms with Gasteiger partial charge in [-0.25, -0.2) is 17.8 Å². The average molecular weight is 614 g/mol. The summed E-state index contributed by atoms with van der Waals surface area (Å²) in [6.45, 7) is 0. The molecule has 0 spiro atoms. The number of nitrogens with one attached hydrogen (secondary N) is 2. The van der Waals surface area contributed by atoms with E-state index in [4.69, 9.17) is 9.40 Å². The van der Waals surface area contributed by atoms with Crippen molar-refractivity contribution in [3.05, 3.63) is 100 Å². The molecule has 0 atom stereocenters. The first kappa shape index (κ1) is 28.6. The first-order valence-electron chi connectivity index (χ1n) is 13.2. The molecule has 1 amide bonds. The Balaban J connectivity index is 1.67. The molecule has 0 aliphatic rings. The maximum absolute atomic E-state index is 13.7. The molecule has 0 fully saturated rings. The number of pyridine rings is 1. The van der Waals surface area contributed by atoms with Crippen LogP contribution in [0.3, 0.4) is 0 Å². The number of aromatic nitrogens is 2. The molecule has 13 heteroatoms. The number of nitro groups is 1. The first-order valence-corrected chi connectivity index (χ1v) is 15.1. The number of nitrogens with zero attached hydrogens (tertiary/aromatic N) is 3. The van der Waals surface area contributed by atoms with E-state index in [9.17, 15) is 27.7 Å². The highest BCUT2D eigenvalue weighted by Gasteiger charge is 2.27. The highest BCUT2D eigenvalue weighted by atomic mass is 32.2. The number of carbonyl (C=O) groups is 1. The summed E-state index contributed by atoms with van der Waals surface area (Å²) in [5.41, 5.74) is 2.39. The molecule has 0 unspecified atom stereocenters. The smallest absolute Gasteiger partial charge is 0.273 e. The molecule has 0 aliphatic carbocycles. The van der Waals surface area contributed by atoms with Crippen molar-refractivity contribution in [2.24, 2.45) is 0 Å². The maximum Gasteiger partial charge on any atom is 0.273 e. The molecule has 3 heterocycles. The molecular weight excluding hydrogens is 589 g/mol. The van der Waals surface area contributed by atoms with Gasteiger partial charge in [0.1, 0.15) is 17.2 Å². The van der Waals surface area contributed by atoms with Crippen molar-refractivity contribution in [2.45, 2.75) is 0 Å². The van der Waals surface area contributed by atoms with Gasteiger partial charge in [0.05, 0.1) is 39.5 Å². The van der Waals surface area contributed by atoms with Crippen LogP contribution in [0, 0.1) is 15.9 Å². The van der Waals surface area contributed by atoms with Crippen molar-refractivity contribution < 1.29 is 26.9 Å². The summed E-state index contributed by atoms with van der Waals surface area (Å²) in [7, 11) is -1.07. The number of para-hydroxylation sites is 1. The molecule has 44 heavy (non-hydrogen) atoms. The van der Waals surface area contributed by atoms with Gasteiger partial charge >= 0.3 is 0 Å². The van der Waals surface area contributed by atoms with Gasteiger partial charge in [-0.05, 0) is 42.5 Å². The van der Waals surface area contributed by atoms with Gasteiger partial charge in [0.2, 0.25) is 10.0 Å². The number of furan rings is 1. The minimum absolute atomic E-state index is 0.0904. The van der Waals surface area contributed by atoms with Crippen LogP contribution in [0.2, 0.25) is 0 Å². The molecule has 11 nitrogen and oxygen atoms in total. The van der Waals surface area contributed by atoms with E-state index in [1.54, 1.807) is 0 Å². The van der Waals surface area contributed by atoms with Crippen LogP contribution < -0.4 is 9.62 Å². The van der Waals surface area contributed by atoms with Crippen LogP contribution >= 0.6 is 0 Å². The van der Waals surface area contributed by atoms with E-state index in [0.717, 1.165) is 21.5 Å². The Bertz CT molecular complexity index is 2190. The van der Waals surface area contributed by atoms with Crippen LogP contribution in [0.25, 0.3) is 55.8 Å². The Labute approximate surface area is 250 Å². The monoisotopic (exact) mass is 613 g/mol. The number of sulfonamides is 1. The Morgan fingerprint density at radius 2 is 1.75 bits per heavy atom. The van der Waals surface area contributed by atoms with E-state index >= 15 is 0 Å². The normalized spacial score (nSPS) is 11.6. The Morgan fingerprint density at radius 1 is 1.05 bits per heavy atom. The zero-order chi connectivity index (χ0) is 31.3. The average Bonchev–Trinajstić information content (AvgIpc) is 3.61. The fraction of sp³-hybridized carbons (Fsp3) is 0.0968.